The van der Waals surface area contributed by atoms with Gasteiger partial charge in [-0.15, -0.1) is 0 Å². The Hall–Kier alpha value is -3.31. The highest BCUT2D eigenvalue weighted by Crippen LogP contribution is 2.21. The SMILES string of the molecule is O=C(CNc1ccc(Cl)cc1)N/N=C/c1cccc(Oc2ccccc2)c1. The molecule has 6 heteroatoms. The monoisotopic (exact) mass is 379 g/mol. The molecule has 0 spiro atoms. The zero-order valence-corrected chi connectivity index (χ0v) is 15.2. The van der Waals surface area contributed by atoms with Crippen molar-refractivity contribution in [3.63, 3.8) is 0 Å². The van der Waals surface area contributed by atoms with Crippen LogP contribution in [0, 0.1) is 0 Å². The van der Waals surface area contributed by atoms with Gasteiger partial charge in [0.1, 0.15) is 11.5 Å². The van der Waals surface area contributed by atoms with Gasteiger partial charge in [-0.05, 0) is 54.1 Å². The minimum atomic E-state index is -0.252. The first-order valence-corrected chi connectivity index (χ1v) is 8.71. The second kappa shape index (κ2) is 9.40. The summed E-state index contributed by atoms with van der Waals surface area (Å²) in [6.07, 6.45) is 1.57. The van der Waals surface area contributed by atoms with E-state index in [0.29, 0.717) is 10.8 Å². The van der Waals surface area contributed by atoms with Gasteiger partial charge in [0.05, 0.1) is 12.8 Å². The van der Waals surface area contributed by atoms with Crippen molar-refractivity contribution >= 4 is 29.4 Å². The van der Waals surface area contributed by atoms with Gasteiger partial charge in [0.15, 0.2) is 0 Å². The molecular weight excluding hydrogens is 362 g/mol. The number of anilines is 1. The van der Waals surface area contributed by atoms with Gasteiger partial charge in [-0.3, -0.25) is 4.79 Å². The fraction of sp³-hybridized carbons (Fsp3) is 0.0476. The highest BCUT2D eigenvalue weighted by Gasteiger charge is 2.00. The number of hydrazone groups is 1. The molecule has 0 fully saturated rings. The molecule has 0 saturated heterocycles. The minimum Gasteiger partial charge on any atom is -0.457 e. The lowest BCUT2D eigenvalue weighted by molar-refractivity contribution is -0.119. The molecular formula is C21H18ClN3O2. The Labute approximate surface area is 162 Å². The molecule has 0 saturated carbocycles. The molecule has 0 aliphatic rings. The van der Waals surface area contributed by atoms with E-state index < -0.39 is 0 Å². The van der Waals surface area contributed by atoms with Gasteiger partial charge in [0.2, 0.25) is 0 Å². The number of halogens is 1. The molecule has 0 unspecified atom stereocenters. The van der Waals surface area contributed by atoms with Crippen LogP contribution in [-0.4, -0.2) is 18.7 Å². The van der Waals surface area contributed by atoms with Crippen LogP contribution in [-0.2, 0) is 4.79 Å². The number of nitrogens with one attached hydrogen (secondary N) is 2. The van der Waals surface area contributed by atoms with Crippen LogP contribution in [0.2, 0.25) is 5.02 Å². The predicted molar refractivity (Wildman–Crippen MR) is 109 cm³/mol. The van der Waals surface area contributed by atoms with Gasteiger partial charge >= 0.3 is 0 Å². The van der Waals surface area contributed by atoms with Crippen molar-refractivity contribution in [1.82, 2.24) is 5.43 Å². The van der Waals surface area contributed by atoms with E-state index in [1.54, 1.807) is 30.5 Å². The number of carbonyl (C=O) groups excluding carboxylic acids is 1. The lowest BCUT2D eigenvalue weighted by atomic mass is 10.2. The van der Waals surface area contributed by atoms with Crippen molar-refractivity contribution in [1.29, 1.82) is 0 Å². The van der Waals surface area contributed by atoms with Gasteiger partial charge in [-0.1, -0.05) is 41.9 Å². The molecule has 0 bridgehead atoms. The highest BCUT2D eigenvalue weighted by molar-refractivity contribution is 6.30. The molecule has 0 heterocycles. The molecule has 3 aromatic rings. The predicted octanol–water partition coefficient (Wildman–Crippen LogP) is 4.69. The van der Waals surface area contributed by atoms with E-state index in [1.165, 1.54) is 0 Å². The number of para-hydroxylation sites is 1. The zero-order valence-electron chi connectivity index (χ0n) is 14.4. The Bertz CT molecular complexity index is 912. The van der Waals surface area contributed by atoms with Crippen LogP contribution in [0.25, 0.3) is 0 Å². The van der Waals surface area contributed by atoms with Gasteiger partial charge in [0, 0.05) is 10.7 Å². The van der Waals surface area contributed by atoms with Crippen molar-refractivity contribution < 1.29 is 9.53 Å². The third kappa shape index (κ3) is 6.17. The number of amides is 1. The fourth-order valence-electron chi connectivity index (χ4n) is 2.25. The molecule has 136 valence electrons. The molecule has 1 amide bonds. The maximum absolute atomic E-state index is 11.8. The molecule has 5 nitrogen and oxygen atoms in total. The lowest BCUT2D eigenvalue weighted by Crippen LogP contribution is -2.25. The number of nitrogens with zero attached hydrogens (tertiary/aromatic N) is 1. The summed E-state index contributed by atoms with van der Waals surface area (Å²) in [7, 11) is 0. The number of ether oxygens (including phenoxy) is 1. The number of hydrogen-bond donors (Lipinski definition) is 2. The van der Waals surface area contributed by atoms with E-state index in [0.717, 1.165) is 17.0 Å². The van der Waals surface area contributed by atoms with Gasteiger partial charge < -0.3 is 10.1 Å². The fourth-order valence-corrected chi connectivity index (χ4v) is 2.38. The van der Waals surface area contributed by atoms with Crippen LogP contribution < -0.4 is 15.5 Å². The summed E-state index contributed by atoms with van der Waals surface area (Å²) < 4.78 is 5.77. The maximum Gasteiger partial charge on any atom is 0.259 e. The highest BCUT2D eigenvalue weighted by atomic mass is 35.5. The van der Waals surface area contributed by atoms with Crippen LogP contribution in [0.15, 0.2) is 84.0 Å². The van der Waals surface area contributed by atoms with E-state index in [9.17, 15) is 4.79 Å². The standard InChI is InChI=1S/C21H18ClN3O2/c22-17-9-11-18(12-10-17)23-15-21(26)25-24-14-16-5-4-8-20(13-16)27-19-6-2-1-3-7-19/h1-14,23H,15H2,(H,25,26)/b24-14+. The topological polar surface area (TPSA) is 62.7 Å². The number of hydrogen-bond acceptors (Lipinski definition) is 4. The molecule has 0 aliphatic carbocycles. The van der Waals surface area contributed by atoms with Gasteiger partial charge in [-0.25, -0.2) is 5.43 Å². The average Bonchev–Trinajstić information content (AvgIpc) is 2.69. The van der Waals surface area contributed by atoms with E-state index in [4.69, 9.17) is 16.3 Å². The summed E-state index contributed by atoms with van der Waals surface area (Å²) in [6, 6.07) is 24.1. The third-order valence-electron chi connectivity index (χ3n) is 3.54. The quantitative estimate of drug-likeness (QED) is 0.462. The Morgan fingerprint density at radius 2 is 1.70 bits per heavy atom. The molecule has 0 aromatic heterocycles. The molecule has 0 radical (unpaired) electrons. The average molecular weight is 380 g/mol. The Balaban J connectivity index is 1.49. The first-order valence-electron chi connectivity index (χ1n) is 8.33. The minimum absolute atomic E-state index is 0.107. The van der Waals surface area contributed by atoms with Gasteiger partial charge in [0.25, 0.3) is 5.91 Å². The number of benzene rings is 3. The van der Waals surface area contributed by atoms with Crippen molar-refractivity contribution in [2.45, 2.75) is 0 Å². The largest absolute Gasteiger partial charge is 0.457 e. The van der Waals surface area contributed by atoms with Crippen molar-refractivity contribution in [3.8, 4) is 11.5 Å². The number of rotatable bonds is 7. The smallest absolute Gasteiger partial charge is 0.259 e. The first kappa shape index (κ1) is 18.5. The summed E-state index contributed by atoms with van der Waals surface area (Å²) in [5, 5.41) is 7.61. The molecule has 0 aliphatic heterocycles. The van der Waals surface area contributed by atoms with E-state index >= 15 is 0 Å². The van der Waals surface area contributed by atoms with Crippen molar-refractivity contribution in [2.75, 3.05) is 11.9 Å². The second-order valence-electron chi connectivity index (χ2n) is 5.64. The Kier molecular flexibility index (Phi) is 6.44. The summed E-state index contributed by atoms with van der Waals surface area (Å²) in [4.78, 5) is 11.8. The summed E-state index contributed by atoms with van der Waals surface area (Å²) >= 11 is 5.82. The Morgan fingerprint density at radius 3 is 2.48 bits per heavy atom. The zero-order chi connectivity index (χ0) is 18.9. The maximum atomic E-state index is 11.8. The van der Waals surface area contributed by atoms with Crippen LogP contribution in [0.3, 0.4) is 0 Å². The molecule has 3 rings (SSSR count). The summed E-state index contributed by atoms with van der Waals surface area (Å²) in [5.41, 5.74) is 4.11. The summed E-state index contributed by atoms with van der Waals surface area (Å²) in [6.45, 7) is 0.107. The van der Waals surface area contributed by atoms with Crippen LogP contribution in [0.4, 0.5) is 5.69 Å². The van der Waals surface area contributed by atoms with E-state index in [-0.39, 0.29) is 12.5 Å². The van der Waals surface area contributed by atoms with Crippen molar-refractivity contribution in [3.05, 3.63) is 89.4 Å². The third-order valence-corrected chi connectivity index (χ3v) is 3.79. The summed E-state index contributed by atoms with van der Waals surface area (Å²) in [5.74, 6) is 1.20. The molecule has 3 aromatic carbocycles. The van der Waals surface area contributed by atoms with Crippen molar-refractivity contribution in [2.24, 2.45) is 5.10 Å². The molecule has 0 atom stereocenters. The van der Waals surface area contributed by atoms with E-state index in [2.05, 4.69) is 15.8 Å². The van der Waals surface area contributed by atoms with Crippen LogP contribution >= 0.6 is 11.6 Å². The molecule has 27 heavy (non-hydrogen) atoms. The first-order chi connectivity index (χ1) is 13.2. The lowest BCUT2D eigenvalue weighted by Gasteiger charge is -2.06. The van der Waals surface area contributed by atoms with Crippen LogP contribution in [0.1, 0.15) is 5.56 Å². The normalized spacial score (nSPS) is 10.6. The van der Waals surface area contributed by atoms with E-state index in [1.807, 2.05) is 54.6 Å². The van der Waals surface area contributed by atoms with Gasteiger partial charge in [-0.2, -0.15) is 5.10 Å². The second-order valence-corrected chi connectivity index (χ2v) is 6.08. The molecule has 2 N–H and O–H groups in total. The Morgan fingerprint density at radius 1 is 0.963 bits per heavy atom. The number of carbonyl (C=O) groups is 1. The van der Waals surface area contributed by atoms with Crippen LogP contribution in [0.5, 0.6) is 11.5 Å².